The zero-order valence-electron chi connectivity index (χ0n) is 16.7. The third kappa shape index (κ3) is 5.24. The predicted octanol–water partition coefficient (Wildman–Crippen LogP) is 3.66. The number of carbonyl (C=O) groups is 1. The molecule has 3 N–H and O–H groups in total. The predicted molar refractivity (Wildman–Crippen MR) is 121 cm³/mol. The van der Waals surface area contributed by atoms with Crippen LogP contribution in [0.5, 0.6) is 0 Å². The molecule has 9 nitrogen and oxygen atoms in total. The largest absolute Gasteiger partial charge is 0.355 e. The number of fused-ring (bicyclic) bond motifs is 1. The van der Waals surface area contributed by atoms with E-state index in [0.29, 0.717) is 46.0 Å². The van der Waals surface area contributed by atoms with Crippen LogP contribution in [-0.4, -0.2) is 49.3 Å². The molecule has 2 aromatic heterocycles. The van der Waals surface area contributed by atoms with Gasteiger partial charge in [0, 0.05) is 13.1 Å². The quantitative estimate of drug-likeness (QED) is 0.408. The van der Waals surface area contributed by atoms with E-state index in [1.54, 1.807) is 16.5 Å². The lowest BCUT2D eigenvalue weighted by molar-refractivity contribution is -0.119. The third-order valence-electron chi connectivity index (χ3n) is 4.07. The summed E-state index contributed by atoms with van der Waals surface area (Å²) in [5.74, 6) is 1.45. The fourth-order valence-corrected chi connectivity index (χ4v) is 3.72. The van der Waals surface area contributed by atoms with Crippen molar-refractivity contribution in [3.05, 3.63) is 33.8 Å². The first-order valence-corrected chi connectivity index (χ1v) is 11.1. The highest BCUT2D eigenvalue weighted by Gasteiger charge is 2.17. The van der Waals surface area contributed by atoms with Crippen LogP contribution in [0.4, 0.5) is 11.9 Å². The normalized spacial score (nSPS) is 12.0. The Morgan fingerprint density at radius 3 is 2.60 bits per heavy atom. The van der Waals surface area contributed by atoms with Crippen LogP contribution in [0.1, 0.15) is 32.4 Å². The number of halogens is 2. The van der Waals surface area contributed by atoms with Gasteiger partial charge in [0.15, 0.2) is 5.16 Å². The minimum absolute atomic E-state index is 0.148. The summed E-state index contributed by atoms with van der Waals surface area (Å²) in [6.07, 6.45) is 0. The molecule has 12 heteroatoms. The van der Waals surface area contributed by atoms with E-state index >= 15 is 0 Å². The van der Waals surface area contributed by atoms with E-state index < -0.39 is 0 Å². The molecular weight excluding hydrogens is 447 g/mol. The Hall–Kier alpha value is -2.30. The summed E-state index contributed by atoms with van der Waals surface area (Å²) in [5.41, 5.74) is 0.870. The van der Waals surface area contributed by atoms with Crippen LogP contribution in [-0.2, 0) is 4.79 Å². The van der Waals surface area contributed by atoms with E-state index in [4.69, 9.17) is 23.2 Å². The van der Waals surface area contributed by atoms with Crippen LogP contribution >= 0.6 is 35.0 Å². The molecule has 1 unspecified atom stereocenters. The Balaban J connectivity index is 1.70. The summed E-state index contributed by atoms with van der Waals surface area (Å²) >= 11 is 13.3. The summed E-state index contributed by atoms with van der Waals surface area (Å²) in [7, 11) is 0. The second-order valence-electron chi connectivity index (χ2n) is 6.30. The molecule has 2 heterocycles. The Bertz CT molecular complexity index is 1040. The van der Waals surface area contributed by atoms with Crippen molar-refractivity contribution >= 4 is 58.5 Å². The molecular formula is C18H22Cl2N8OS. The van der Waals surface area contributed by atoms with Crippen LogP contribution in [0.2, 0.25) is 10.0 Å². The van der Waals surface area contributed by atoms with Gasteiger partial charge in [-0.1, -0.05) is 41.0 Å². The van der Waals surface area contributed by atoms with E-state index in [0.717, 1.165) is 5.56 Å². The SMILES string of the molecule is CCNc1nc(NCC)n2c(SCC(=O)NC(C)c3ccc(Cl)c(Cl)c3)nnc2n1. The monoisotopic (exact) mass is 468 g/mol. The summed E-state index contributed by atoms with van der Waals surface area (Å²) in [6.45, 7) is 7.17. The van der Waals surface area contributed by atoms with Crippen molar-refractivity contribution in [3.63, 3.8) is 0 Å². The van der Waals surface area contributed by atoms with Gasteiger partial charge in [-0.2, -0.15) is 9.97 Å². The van der Waals surface area contributed by atoms with Gasteiger partial charge in [0.2, 0.25) is 17.8 Å². The van der Waals surface area contributed by atoms with E-state index in [1.165, 1.54) is 11.8 Å². The topological polar surface area (TPSA) is 109 Å². The van der Waals surface area contributed by atoms with Crippen molar-refractivity contribution in [2.45, 2.75) is 32.0 Å². The Labute approximate surface area is 188 Å². The van der Waals surface area contributed by atoms with Gasteiger partial charge in [-0.3, -0.25) is 4.79 Å². The van der Waals surface area contributed by atoms with Crippen LogP contribution in [0.3, 0.4) is 0 Å². The number of hydrogen-bond acceptors (Lipinski definition) is 8. The molecule has 0 saturated heterocycles. The lowest BCUT2D eigenvalue weighted by atomic mass is 10.1. The number of hydrogen-bond donors (Lipinski definition) is 3. The van der Waals surface area contributed by atoms with Crippen molar-refractivity contribution in [1.82, 2.24) is 29.9 Å². The molecule has 0 aliphatic carbocycles. The first-order valence-electron chi connectivity index (χ1n) is 9.40. The molecule has 3 aromatic rings. The summed E-state index contributed by atoms with van der Waals surface area (Å²) in [4.78, 5) is 21.3. The van der Waals surface area contributed by atoms with Crippen molar-refractivity contribution < 1.29 is 4.79 Å². The second-order valence-corrected chi connectivity index (χ2v) is 8.06. The van der Waals surface area contributed by atoms with Gasteiger partial charge in [-0.15, -0.1) is 10.2 Å². The average molecular weight is 469 g/mol. The summed E-state index contributed by atoms with van der Waals surface area (Å²) in [5, 5.41) is 18.9. The fourth-order valence-electron chi connectivity index (χ4n) is 2.68. The molecule has 0 aliphatic rings. The Kier molecular flexibility index (Phi) is 7.57. The highest BCUT2D eigenvalue weighted by atomic mass is 35.5. The van der Waals surface area contributed by atoms with Gasteiger partial charge in [0.1, 0.15) is 0 Å². The molecule has 0 spiro atoms. The minimum atomic E-state index is -0.216. The molecule has 1 aromatic carbocycles. The number of rotatable bonds is 9. The van der Waals surface area contributed by atoms with E-state index in [9.17, 15) is 4.79 Å². The van der Waals surface area contributed by atoms with Gasteiger partial charge in [-0.05, 0) is 38.5 Å². The molecule has 0 fully saturated rings. The number of anilines is 2. The Morgan fingerprint density at radius 2 is 1.90 bits per heavy atom. The summed E-state index contributed by atoms with van der Waals surface area (Å²) < 4.78 is 1.70. The van der Waals surface area contributed by atoms with Crippen LogP contribution in [0.15, 0.2) is 23.4 Å². The highest BCUT2D eigenvalue weighted by molar-refractivity contribution is 7.99. The smallest absolute Gasteiger partial charge is 0.261 e. The number of carbonyl (C=O) groups excluding carboxylic acids is 1. The number of thioether (sulfide) groups is 1. The molecule has 0 aliphatic heterocycles. The zero-order chi connectivity index (χ0) is 21.7. The molecule has 0 saturated carbocycles. The minimum Gasteiger partial charge on any atom is -0.355 e. The average Bonchev–Trinajstić information content (AvgIpc) is 3.12. The number of nitrogens with one attached hydrogen (secondary N) is 3. The lowest BCUT2D eigenvalue weighted by Gasteiger charge is -2.15. The van der Waals surface area contributed by atoms with Crippen molar-refractivity contribution in [2.24, 2.45) is 0 Å². The van der Waals surface area contributed by atoms with E-state index in [-0.39, 0.29) is 17.7 Å². The molecule has 1 atom stereocenters. The maximum Gasteiger partial charge on any atom is 0.261 e. The van der Waals surface area contributed by atoms with Gasteiger partial charge >= 0.3 is 0 Å². The molecule has 3 rings (SSSR count). The second kappa shape index (κ2) is 10.1. The number of nitrogens with zero attached hydrogens (tertiary/aromatic N) is 5. The highest BCUT2D eigenvalue weighted by Crippen LogP contribution is 2.26. The lowest BCUT2D eigenvalue weighted by Crippen LogP contribution is -2.28. The van der Waals surface area contributed by atoms with Crippen LogP contribution in [0, 0.1) is 0 Å². The van der Waals surface area contributed by atoms with E-state index in [2.05, 4.69) is 36.1 Å². The van der Waals surface area contributed by atoms with Gasteiger partial charge in [0.05, 0.1) is 21.8 Å². The zero-order valence-corrected chi connectivity index (χ0v) is 19.1. The number of amides is 1. The van der Waals surface area contributed by atoms with Crippen molar-refractivity contribution in [1.29, 1.82) is 0 Å². The fraction of sp³-hybridized carbons (Fsp3) is 0.389. The standard InChI is InChI=1S/C18H22Cl2N8OS/c1-4-21-15-24-16(22-5-2)28-17(25-15)26-27-18(28)30-9-14(29)23-10(3)11-6-7-12(19)13(20)8-11/h6-8,10H,4-5,9H2,1-3H3,(H,23,29)(H2,21,22,24,25,26). The summed E-state index contributed by atoms with van der Waals surface area (Å²) in [6, 6.07) is 5.07. The maximum absolute atomic E-state index is 12.5. The van der Waals surface area contributed by atoms with Crippen LogP contribution < -0.4 is 16.0 Å². The van der Waals surface area contributed by atoms with Crippen molar-refractivity contribution in [2.75, 3.05) is 29.5 Å². The van der Waals surface area contributed by atoms with E-state index in [1.807, 2.05) is 26.8 Å². The number of benzene rings is 1. The van der Waals surface area contributed by atoms with Gasteiger partial charge < -0.3 is 16.0 Å². The Morgan fingerprint density at radius 1 is 1.13 bits per heavy atom. The molecule has 1 amide bonds. The molecule has 0 bridgehead atoms. The van der Waals surface area contributed by atoms with Gasteiger partial charge in [0.25, 0.3) is 5.78 Å². The van der Waals surface area contributed by atoms with Crippen molar-refractivity contribution in [3.8, 4) is 0 Å². The number of aromatic nitrogens is 5. The molecule has 160 valence electrons. The van der Waals surface area contributed by atoms with Gasteiger partial charge in [-0.25, -0.2) is 4.40 Å². The molecule has 30 heavy (non-hydrogen) atoms. The third-order valence-corrected chi connectivity index (χ3v) is 5.74. The first-order chi connectivity index (χ1) is 14.4. The molecule has 0 radical (unpaired) electrons. The maximum atomic E-state index is 12.5. The van der Waals surface area contributed by atoms with Crippen LogP contribution in [0.25, 0.3) is 5.78 Å². The first kappa shape index (κ1) is 22.4.